The fourth-order valence-electron chi connectivity index (χ4n) is 17.4. The SMILES string of the molecule is C[C@H](CCC(=O)O)[C@H]1CC[C@H]2[C@@H]3[C@H](O)C[C@@H]4C[C@H](O)CC[C@]4(C)[C@H]3C[C@H](O)[C@]12C.C[C@H](CCC(=O)O)[C@H]1CC[C@H]2[C@@H]3[C@H](O)C[C@@H]4C[C@H](O)CC[C@]4(C)[C@H]3C[C@H](O)[C@]12C. The Kier molecular flexibility index (Phi) is 12.7. The average Bonchev–Trinajstić information content (AvgIpc) is 3.70. The summed E-state index contributed by atoms with van der Waals surface area (Å²) in [4.78, 5) is 22.1. The van der Waals surface area contributed by atoms with E-state index in [1.54, 1.807) is 0 Å². The number of carboxylic acid groups (broad SMARTS) is 2. The second kappa shape index (κ2) is 16.4. The van der Waals surface area contributed by atoms with Gasteiger partial charge in [0.25, 0.3) is 0 Å². The maximum Gasteiger partial charge on any atom is 0.303 e. The van der Waals surface area contributed by atoms with Gasteiger partial charge in [0.1, 0.15) is 0 Å². The van der Waals surface area contributed by atoms with Crippen LogP contribution in [0.3, 0.4) is 0 Å². The molecule has 8 aliphatic rings. The van der Waals surface area contributed by atoms with Crippen LogP contribution in [0.2, 0.25) is 0 Å². The Morgan fingerprint density at radius 3 is 1.22 bits per heavy atom. The van der Waals surface area contributed by atoms with E-state index in [4.69, 9.17) is 10.2 Å². The van der Waals surface area contributed by atoms with Gasteiger partial charge < -0.3 is 40.9 Å². The van der Waals surface area contributed by atoms with Gasteiger partial charge in [-0.1, -0.05) is 41.5 Å². The third-order valence-electron chi connectivity index (χ3n) is 20.7. The standard InChI is InChI=1S/2C24H40O5/c2*1-13(4-7-21(28)29)16-5-6-17-22-18(12-20(27)24(16,17)3)23(2)9-8-15(25)10-14(23)11-19(22)26/h2*13-20,22,25-27H,4-12H2,1-3H3,(H,28,29)/t2*13-,14+,15-,16-,17+,18+,19-,20+,22+,23+,24-/m11/s1. The van der Waals surface area contributed by atoms with Crippen LogP contribution in [0.1, 0.15) is 157 Å². The Morgan fingerprint density at radius 2 is 0.879 bits per heavy atom. The highest BCUT2D eigenvalue weighted by Crippen LogP contribution is 2.70. The minimum Gasteiger partial charge on any atom is -0.481 e. The van der Waals surface area contributed by atoms with Gasteiger partial charge in [-0.3, -0.25) is 9.59 Å². The molecule has 58 heavy (non-hydrogen) atoms. The zero-order valence-electron chi connectivity index (χ0n) is 36.5. The molecule has 8 rings (SSSR count). The lowest BCUT2D eigenvalue weighted by Gasteiger charge is -2.63. The summed E-state index contributed by atoms with van der Waals surface area (Å²) < 4.78 is 0. The number of hydrogen-bond acceptors (Lipinski definition) is 8. The molecule has 8 aliphatic carbocycles. The number of aliphatic carboxylic acids is 2. The summed E-state index contributed by atoms with van der Waals surface area (Å²) in [5, 5.41) is 84.0. The van der Waals surface area contributed by atoms with Crippen molar-refractivity contribution in [3.8, 4) is 0 Å². The van der Waals surface area contributed by atoms with Crippen LogP contribution in [0.4, 0.5) is 0 Å². The summed E-state index contributed by atoms with van der Waals surface area (Å²) in [6.07, 6.45) is 12.0. The molecule has 332 valence electrons. The predicted molar refractivity (Wildman–Crippen MR) is 220 cm³/mol. The lowest BCUT2D eigenvalue weighted by Crippen LogP contribution is -2.62. The molecule has 0 saturated heterocycles. The topological polar surface area (TPSA) is 196 Å². The largest absolute Gasteiger partial charge is 0.481 e. The van der Waals surface area contributed by atoms with E-state index in [2.05, 4.69) is 41.5 Å². The normalized spacial score (nSPS) is 52.9. The lowest BCUT2D eigenvalue weighted by atomic mass is 9.43. The van der Waals surface area contributed by atoms with Crippen LogP contribution in [-0.2, 0) is 9.59 Å². The first-order valence-corrected chi connectivity index (χ1v) is 23.7. The van der Waals surface area contributed by atoms with E-state index < -0.39 is 24.1 Å². The number of rotatable bonds is 8. The molecule has 0 heterocycles. The molecule has 0 aliphatic heterocycles. The van der Waals surface area contributed by atoms with Crippen molar-refractivity contribution in [3.63, 3.8) is 0 Å². The van der Waals surface area contributed by atoms with Gasteiger partial charge in [-0.15, -0.1) is 0 Å². The molecule has 0 unspecified atom stereocenters. The highest BCUT2D eigenvalue weighted by atomic mass is 16.4. The summed E-state index contributed by atoms with van der Waals surface area (Å²) in [7, 11) is 0. The van der Waals surface area contributed by atoms with Crippen molar-refractivity contribution in [2.24, 2.45) is 92.7 Å². The molecule has 8 N–H and O–H groups in total. The van der Waals surface area contributed by atoms with Crippen LogP contribution < -0.4 is 0 Å². The van der Waals surface area contributed by atoms with Gasteiger partial charge in [-0.05, 0) is 195 Å². The van der Waals surface area contributed by atoms with Crippen molar-refractivity contribution in [2.75, 3.05) is 0 Å². The predicted octanol–water partition coefficient (Wildman–Crippen LogP) is 6.90. The first-order chi connectivity index (χ1) is 27.2. The third-order valence-corrected chi connectivity index (χ3v) is 20.7. The first-order valence-electron chi connectivity index (χ1n) is 23.7. The number of aliphatic hydroxyl groups is 6. The van der Waals surface area contributed by atoms with Crippen molar-refractivity contribution < 1.29 is 50.4 Å². The number of carboxylic acids is 2. The number of aliphatic hydroxyl groups excluding tert-OH is 6. The molecule has 0 bridgehead atoms. The maximum absolute atomic E-state index is 11.5. The number of carbonyl (C=O) groups is 2. The van der Waals surface area contributed by atoms with E-state index in [1.807, 2.05) is 0 Å². The molecule has 0 radical (unpaired) electrons. The zero-order chi connectivity index (χ0) is 42.3. The number of hydrogen-bond donors (Lipinski definition) is 8. The second-order valence-corrected chi connectivity index (χ2v) is 22.9. The molecule has 0 aromatic carbocycles. The molecule has 8 fully saturated rings. The monoisotopic (exact) mass is 817 g/mol. The fourth-order valence-corrected chi connectivity index (χ4v) is 17.4. The van der Waals surface area contributed by atoms with E-state index in [-0.39, 0.29) is 82.6 Å². The van der Waals surface area contributed by atoms with E-state index in [9.17, 15) is 40.2 Å². The van der Waals surface area contributed by atoms with Crippen LogP contribution in [0.5, 0.6) is 0 Å². The van der Waals surface area contributed by atoms with Crippen LogP contribution >= 0.6 is 0 Å². The quantitative estimate of drug-likeness (QED) is 0.128. The maximum atomic E-state index is 11.5. The average molecular weight is 817 g/mol. The summed E-state index contributed by atoms with van der Waals surface area (Å²) >= 11 is 0. The molecule has 0 spiro atoms. The van der Waals surface area contributed by atoms with Crippen molar-refractivity contribution >= 4 is 11.9 Å². The molecule has 10 heteroatoms. The highest BCUT2D eigenvalue weighted by Gasteiger charge is 2.67. The second-order valence-electron chi connectivity index (χ2n) is 22.9. The van der Waals surface area contributed by atoms with E-state index in [0.717, 1.165) is 89.9 Å². The van der Waals surface area contributed by atoms with Gasteiger partial charge in [0, 0.05) is 12.8 Å². The van der Waals surface area contributed by atoms with Gasteiger partial charge in [0.05, 0.1) is 36.6 Å². The lowest BCUT2D eigenvalue weighted by molar-refractivity contribution is -0.207. The third kappa shape index (κ3) is 7.33. The zero-order valence-corrected chi connectivity index (χ0v) is 36.5. The van der Waals surface area contributed by atoms with Gasteiger partial charge in [-0.25, -0.2) is 0 Å². The summed E-state index contributed by atoms with van der Waals surface area (Å²) in [5.41, 5.74) is -0.286. The Morgan fingerprint density at radius 1 is 0.517 bits per heavy atom. The van der Waals surface area contributed by atoms with Gasteiger partial charge >= 0.3 is 11.9 Å². The van der Waals surface area contributed by atoms with Crippen LogP contribution in [0.15, 0.2) is 0 Å². The van der Waals surface area contributed by atoms with E-state index in [1.165, 1.54) is 0 Å². The summed E-state index contributed by atoms with van der Waals surface area (Å²) in [5.74, 6) is 1.99. The van der Waals surface area contributed by atoms with Crippen molar-refractivity contribution in [3.05, 3.63) is 0 Å². The van der Waals surface area contributed by atoms with E-state index in [0.29, 0.717) is 60.2 Å². The van der Waals surface area contributed by atoms with Gasteiger partial charge in [-0.2, -0.15) is 0 Å². The summed E-state index contributed by atoms with van der Waals surface area (Å²) in [6.45, 7) is 13.4. The number of fused-ring (bicyclic) bond motifs is 10. The van der Waals surface area contributed by atoms with Gasteiger partial charge in [0.2, 0.25) is 0 Å². The Labute approximate surface area is 348 Å². The minimum atomic E-state index is -0.748. The molecule has 10 nitrogen and oxygen atoms in total. The van der Waals surface area contributed by atoms with Crippen LogP contribution in [0.25, 0.3) is 0 Å². The van der Waals surface area contributed by atoms with Crippen molar-refractivity contribution in [1.29, 1.82) is 0 Å². The fraction of sp³-hybridized carbons (Fsp3) is 0.958. The van der Waals surface area contributed by atoms with E-state index >= 15 is 0 Å². The van der Waals surface area contributed by atoms with Crippen LogP contribution in [0, 0.1) is 92.7 Å². The van der Waals surface area contributed by atoms with Crippen LogP contribution in [-0.4, -0.2) is 89.4 Å². The summed E-state index contributed by atoms with van der Waals surface area (Å²) in [6, 6.07) is 0. The van der Waals surface area contributed by atoms with Gasteiger partial charge in [0.15, 0.2) is 0 Å². The Balaban J connectivity index is 0.000000177. The molecule has 8 saturated carbocycles. The van der Waals surface area contributed by atoms with Crippen molar-refractivity contribution in [1.82, 2.24) is 0 Å². The Bertz CT molecular complexity index is 1380. The molecule has 0 amide bonds. The minimum absolute atomic E-state index is 0.0957. The first kappa shape index (κ1) is 44.7. The highest BCUT2D eigenvalue weighted by molar-refractivity contribution is 5.66. The smallest absolute Gasteiger partial charge is 0.303 e. The molecular formula is C48H80O10. The Hall–Kier alpha value is -1.30. The molecule has 22 atom stereocenters. The van der Waals surface area contributed by atoms with Crippen molar-refractivity contribution in [2.45, 2.75) is 194 Å². The molecular weight excluding hydrogens is 737 g/mol. The molecule has 0 aromatic heterocycles. The molecule has 0 aromatic rings.